The van der Waals surface area contributed by atoms with Gasteiger partial charge in [0.2, 0.25) is 0 Å². The van der Waals surface area contributed by atoms with Gasteiger partial charge in [-0.15, -0.1) is 0 Å². The summed E-state index contributed by atoms with van der Waals surface area (Å²) in [7, 11) is 3.35. The van der Waals surface area contributed by atoms with Crippen LogP contribution in [0.5, 0.6) is 11.5 Å². The van der Waals surface area contributed by atoms with Gasteiger partial charge in [0.1, 0.15) is 23.9 Å². The van der Waals surface area contributed by atoms with E-state index in [0.29, 0.717) is 25.2 Å². The van der Waals surface area contributed by atoms with Crippen LogP contribution in [0.4, 0.5) is 17.1 Å². The minimum Gasteiger partial charge on any atom is -0.497 e. The van der Waals surface area contributed by atoms with E-state index >= 15 is 0 Å². The molecule has 3 aromatic rings. The van der Waals surface area contributed by atoms with Crippen LogP contribution < -0.4 is 14.4 Å². The molecule has 1 heterocycles. The summed E-state index contributed by atoms with van der Waals surface area (Å²) in [4.78, 5) is 13.1. The maximum Gasteiger partial charge on any atom is 0.317 e. The molecule has 3 aromatic carbocycles. The van der Waals surface area contributed by atoms with E-state index in [1.807, 2.05) is 37.3 Å². The third-order valence-corrected chi connectivity index (χ3v) is 7.09. The molecule has 0 N–H and O–H groups in total. The summed E-state index contributed by atoms with van der Waals surface area (Å²) in [5.41, 5.74) is 4.12. The fourth-order valence-corrected chi connectivity index (χ4v) is 4.96. The number of benzene rings is 3. The molecule has 0 amide bonds. The predicted molar refractivity (Wildman–Crippen MR) is 156 cm³/mol. The largest absolute Gasteiger partial charge is 0.497 e. The van der Waals surface area contributed by atoms with Gasteiger partial charge in [-0.2, -0.15) is 0 Å². The molecule has 1 aliphatic heterocycles. The summed E-state index contributed by atoms with van der Waals surface area (Å²) in [6, 6.07) is 25.4. The first kappa shape index (κ1) is 26.6. The van der Waals surface area contributed by atoms with Crippen molar-refractivity contribution in [1.82, 2.24) is 5.06 Å². The van der Waals surface area contributed by atoms with Gasteiger partial charge < -0.3 is 19.1 Å². The van der Waals surface area contributed by atoms with E-state index in [9.17, 15) is 0 Å². The summed E-state index contributed by atoms with van der Waals surface area (Å²) in [5, 5.41) is 1.76. The van der Waals surface area contributed by atoms with Crippen molar-refractivity contribution in [3.8, 4) is 11.5 Å². The van der Waals surface area contributed by atoms with Crippen molar-refractivity contribution in [1.29, 1.82) is 0 Å². The highest BCUT2D eigenvalue weighted by Gasteiger charge is 2.24. The molecule has 2 fully saturated rings. The lowest BCUT2D eigenvalue weighted by molar-refractivity contribution is -0.131. The van der Waals surface area contributed by atoms with Gasteiger partial charge in [-0.3, -0.25) is 4.84 Å². The Morgan fingerprint density at radius 1 is 0.821 bits per heavy atom. The Labute approximate surface area is 231 Å². The zero-order valence-electron chi connectivity index (χ0n) is 23.0. The Kier molecular flexibility index (Phi) is 8.68. The molecule has 7 heteroatoms. The highest BCUT2D eigenvalue weighted by atomic mass is 16.7. The van der Waals surface area contributed by atoms with Crippen molar-refractivity contribution in [2.24, 2.45) is 4.99 Å². The summed E-state index contributed by atoms with van der Waals surface area (Å²) in [6.07, 6.45) is 8.01. The molecule has 204 valence electrons. The predicted octanol–water partition coefficient (Wildman–Crippen LogP) is 7.49. The SMILES string of the molecule is CCN1OC/C(=C\c2ccc(N(c3ccc(OC)cc3)c3ccc(OC)cc3)cc2)OC1=NC1CCCCC1. The lowest BCUT2D eigenvalue weighted by Gasteiger charge is -2.30. The second kappa shape index (κ2) is 12.7. The molecule has 0 spiro atoms. The standard InChI is InChI=1S/C32H37N3O4/c1-4-34-32(33-25-8-6-5-7-9-25)39-31(23-38-34)22-24-10-12-26(13-11-24)35(27-14-18-29(36-2)19-15-27)28-16-20-30(37-3)21-17-28/h10-22,25H,4-9,23H2,1-3H3/b31-22+,33-32?. The lowest BCUT2D eigenvalue weighted by atomic mass is 9.96. The van der Waals surface area contributed by atoms with Gasteiger partial charge in [0.05, 0.1) is 20.3 Å². The van der Waals surface area contributed by atoms with E-state index in [2.05, 4.69) is 53.4 Å². The first-order chi connectivity index (χ1) is 19.2. The Balaban J connectivity index is 1.39. The normalized spacial score (nSPS) is 18.2. The van der Waals surface area contributed by atoms with Gasteiger partial charge in [0.25, 0.3) is 0 Å². The fraction of sp³-hybridized carbons (Fsp3) is 0.344. The van der Waals surface area contributed by atoms with E-state index in [1.54, 1.807) is 19.3 Å². The first-order valence-corrected chi connectivity index (χ1v) is 13.7. The van der Waals surface area contributed by atoms with Gasteiger partial charge >= 0.3 is 6.02 Å². The summed E-state index contributed by atoms with van der Waals surface area (Å²) in [6.45, 7) is 3.12. The molecule has 5 rings (SSSR count). The van der Waals surface area contributed by atoms with Crippen molar-refractivity contribution >= 4 is 29.2 Å². The second-order valence-electron chi connectivity index (χ2n) is 9.71. The number of hydrogen-bond donors (Lipinski definition) is 0. The molecular weight excluding hydrogens is 490 g/mol. The molecule has 0 radical (unpaired) electrons. The van der Waals surface area contributed by atoms with E-state index in [0.717, 1.165) is 52.7 Å². The molecular formula is C32H37N3O4. The van der Waals surface area contributed by atoms with Crippen LogP contribution in [0.15, 0.2) is 83.5 Å². The summed E-state index contributed by atoms with van der Waals surface area (Å²) < 4.78 is 17.0. The minimum atomic E-state index is 0.312. The number of nitrogens with zero attached hydrogens (tertiary/aromatic N) is 3. The van der Waals surface area contributed by atoms with Gasteiger partial charge in [0, 0.05) is 23.6 Å². The van der Waals surface area contributed by atoms with Crippen molar-refractivity contribution in [2.75, 3.05) is 32.3 Å². The number of aliphatic imine (C=N–C) groups is 1. The second-order valence-corrected chi connectivity index (χ2v) is 9.71. The van der Waals surface area contributed by atoms with E-state index in [-0.39, 0.29) is 0 Å². The molecule has 2 aliphatic rings. The maximum absolute atomic E-state index is 6.23. The highest BCUT2D eigenvalue weighted by Crippen LogP contribution is 2.36. The maximum atomic E-state index is 6.23. The number of anilines is 3. The van der Waals surface area contributed by atoms with E-state index in [1.165, 1.54) is 19.3 Å². The molecule has 0 bridgehead atoms. The Bertz CT molecular complexity index is 1220. The number of rotatable bonds is 8. The Morgan fingerprint density at radius 3 is 1.87 bits per heavy atom. The molecule has 1 aliphatic carbocycles. The van der Waals surface area contributed by atoms with Crippen LogP contribution >= 0.6 is 0 Å². The smallest absolute Gasteiger partial charge is 0.317 e. The van der Waals surface area contributed by atoms with Crippen LogP contribution in [0.2, 0.25) is 0 Å². The molecule has 39 heavy (non-hydrogen) atoms. The Hall–Kier alpha value is -3.97. The van der Waals surface area contributed by atoms with Crippen LogP contribution in [0, 0.1) is 0 Å². The number of ether oxygens (including phenoxy) is 3. The number of hydroxylamine groups is 2. The lowest BCUT2D eigenvalue weighted by Crippen LogP contribution is -2.39. The van der Waals surface area contributed by atoms with Gasteiger partial charge in [-0.1, -0.05) is 31.4 Å². The first-order valence-electron chi connectivity index (χ1n) is 13.7. The van der Waals surface area contributed by atoms with E-state index in [4.69, 9.17) is 24.0 Å². The average Bonchev–Trinajstić information content (AvgIpc) is 2.99. The van der Waals surface area contributed by atoms with Gasteiger partial charge in [0.15, 0.2) is 0 Å². The summed E-state index contributed by atoms with van der Waals surface area (Å²) >= 11 is 0. The Morgan fingerprint density at radius 2 is 1.36 bits per heavy atom. The molecule has 1 saturated carbocycles. The number of methoxy groups -OCH3 is 2. The minimum absolute atomic E-state index is 0.312. The van der Waals surface area contributed by atoms with Crippen LogP contribution in [-0.4, -0.2) is 44.5 Å². The fourth-order valence-electron chi connectivity index (χ4n) is 4.96. The van der Waals surface area contributed by atoms with Crippen molar-refractivity contribution < 1.29 is 19.0 Å². The molecule has 0 atom stereocenters. The zero-order chi connectivity index (χ0) is 27.0. The molecule has 0 unspecified atom stereocenters. The third-order valence-electron chi connectivity index (χ3n) is 7.09. The summed E-state index contributed by atoms with van der Waals surface area (Å²) in [5.74, 6) is 2.39. The molecule has 7 nitrogen and oxygen atoms in total. The molecule has 1 saturated heterocycles. The molecule has 0 aromatic heterocycles. The zero-order valence-corrected chi connectivity index (χ0v) is 23.0. The van der Waals surface area contributed by atoms with Gasteiger partial charge in [-0.25, -0.2) is 10.1 Å². The monoisotopic (exact) mass is 527 g/mol. The van der Waals surface area contributed by atoms with Crippen LogP contribution in [0.1, 0.15) is 44.6 Å². The highest BCUT2D eigenvalue weighted by molar-refractivity contribution is 5.78. The average molecular weight is 528 g/mol. The van der Waals surface area contributed by atoms with E-state index < -0.39 is 0 Å². The number of amidine groups is 1. The van der Waals surface area contributed by atoms with Gasteiger partial charge in [-0.05, 0) is 92.1 Å². The van der Waals surface area contributed by atoms with Crippen LogP contribution in [0.3, 0.4) is 0 Å². The van der Waals surface area contributed by atoms with Crippen LogP contribution in [0.25, 0.3) is 6.08 Å². The van der Waals surface area contributed by atoms with Crippen molar-refractivity contribution in [3.63, 3.8) is 0 Å². The quantitative estimate of drug-likeness (QED) is 0.303. The van der Waals surface area contributed by atoms with Crippen molar-refractivity contribution in [2.45, 2.75) is 45.1 Å². The number of hydrogen-bond acceptors (Lipinski definition) is 6. The topological polar surface area (TPSA) is 55.8 Å². The third kappa shape index (κ3) is 6.55. The van der Waals surface area contributed by atoms with Crippen LogP contribution in [-0.2, 0) is 9.57 Å². The van der Waals surface area contributed by atoms with Crippen molar-refractivity contribution in [3.05, 3.63) is 84.1 Å².